The Morgan fingerprint density at radius 1 is 1.12 bits per heavy atom. The Bertz CT molecular complexity index is 783. The van der Waals surface area contributed by atoms with E-state index in [0.717, 1.165) is 12.1 Å². The molecule has 4 nitrogen and oxygen atoms in total. The van der Waals surface area contributed by atoms with Crippen LogP contribution in [0, 0.1) is 11.3 Å². The van der Waals surface area contributed by atoms with Gasteiger partial charge >= 0.3 is 6.18 Å². The normalized spacial score (nSPS) is 10.8. The highest BCUT2D eigenvalue weighted by Crippen LogP contribution is 2.36. The smallest absolute Gasteiger partial charge is 0.376 e. The number of nitrogens with one attached hydrogen (secondary N) is 2. The number of nitrogens with zero attached hydrogens (tertiary/aromatic N) is 1. The molecule has 2 N–H and O–H groups in total. The van der Waals surface area contributed by atoms with Gasteiger partial charge in [-0.25, -0.2) is 0 Å². The summed E-state index contributed by atoms with van der Waals surface area (Å²) in [5, 5.41) is 13.4. The maximum atomic E-state index is 12.8. The number of benzene rings is 2. The molecule has 0 aliphatic carbocycles. The molecule has 0 aliphatic heterocycles. The first-order chi connectivity index (χ1) is 11.3. The minimum Gasteiger partial charge on any atom is -0.376 e. The fraction of sp³-hybridized carbons (Fsp3) is 0.125. The molecule has 0 unspecified atom stereocenters. The van der Waals surface area contributed by atoms with E-state index in [-0.39, 0.29) is 12.2 Å². The summed E-state index contributed by atoms with van der Waals surface area (Å²) in [6.45, 7) is -0.143. The summed E-state index contributed by atoms with van der Waals surface area (Å²) < 4.78 is 38.3. The van der Waals surface area contributed by atoms with Crippen molar-refractivity contribution in [1.29, 1.82) is 5.26 Å². The quantitative estimate of drug-likeness (QED) is 0.862. The third-order valence-corrected chi connectivity index (χ3v) is 3.35. The van der Waals surface area contributed by atoms with Crippen LogP contribution in [0.25, 0.3) is 0 Å². The van der Waals surface area contributed by atoms with Gasteiger partial charge in [0.2, 0.25) is 5.91 Å². The maximum absolute atomic E-state index is 12.8. The molecule has 2 aromatic carbocycles. The Hall–Kier alpha value is -2.72. The van der Waals surface area contributed by atoms with Crippen LogP contribution in [0.15, 0.2) is 42.5 Å². The molecular weight excluding hydrogens is 343 g/mol. The molecule has 8 heteroatoms. The van der Waals surface area contributed by atoms with Crippen LogP contribution in [0.5, 0.6) is 0 Å². The van der Waals surface area contributed by atoms with Gasteiger partial charge in [-0.1, -0.05) is 11.6 Å². The molecule has 0 aromatic heterocycles. The zero-order chi connectivity index (χ0) is 17.7. The van der Waals surface area contributed by atoms with Gasteiger partial charge in [0.25, 0.3) is 0 Å². The molecule has 0 spiro atoms. The highest BCUT2D eigenvalue weighted by molar-refractivity contribution is 6.31. The van der Waals surface area contributed by atoms with Crippen LogP contribution in [0.1, 0.15) is 11.1 Å². The second kappa shape index (κ2) is 7.23. The molecule has 0 aliphatic rings. The fourth-order valence-electron chi connectivity index (χ4n) is 1.87. The number of amides is 1. The summed E-state index contributed by atoms with van der Waals surface area (Å²) in [6, 6.07) is 11.5. The molecule has 0 atom stereocenters. The molecule has 0 radical (unpaired) electrons. The number of nitriles is 1. The second-order valence-electron chi connectivity index (χ2n) is 4.78. The van der Waals surface area contributed by atoms with Gasteiger partial charge < -0.3 is 10.6 Å². The molecule has 2 rings (SSSR count). The monoisotopic (exact) mass is 353 g/mol. The summed E-state index contributed by atoms with van der Waals surface area (Å²) >= 11 is 5.52. The van der Waals surface area contributed by atoms with Crippen LogP contribution >= 0.6 is 11.6 Å². The first-order valence-corrected chi connectivity index (χ1v) is 7.08. The topological polar surface area (TPSA) is 64.9 Å². The summed E-state index contributed by atoms with van der Waals surface area (Å²) in [5.74, 6) is -0.519. The van der Waals surface area contributed by atoms with Crippen molar-refractivity contribution in [3.8, 4) is 6.07 Å². The van der Waals surface area contributed by atoms with E-state index < -0.39 is 22.7 Å². The van der Waals surface area contributed by atoms with Crippen LogP contribution in [0.3, 0.4) is 0 Å². The van der Waals surface area contributed by atoms with Crippen molar-refractivity contribution in [2.45, 2.75) is 6.18 Å². The third kappa shape index (κ3) is 4.64. The number of hydrogen-bond donors (Lipinski definition) is 2. The zero-order valence-electron chi connectivity index (χ0n) is 12.1. The lowest BCUT2D eigenvalue weighted by Crippen LogP contribution is -2.22. The molecule has 1 amide bonds. The number of rotatable bonds is 4. The highest BCUT2D eigenvalue weighted by Gasteiger charge is 2.33. The molecule has 24 heavy (non-hydrogen) atoms. The Balaban J connectivity index is 1.98. The zero-order valence-corrected chi connectivity index (χ0v) is 12.9. The molecule has 0 bridgehead atoms. The Morgan fingerprint density at radius 2 is 1.75 bits per heavy atom. The lowest BCUT2D eigenvalue weighted by Gasteiger charge is -2.12. The van der Waals surface area contributed by atoms with E-state index in [1.807, 2.05) is 6.07 Å². The van der Waals surface area contributed by atoms with Gasteiger partial charge in [0.15, 0.2) is 0 Å². The number of anilines is 2. The van der Waals surface area contributed by atoms with E-state index in [0.29, 0.717) is 11.3 Å². The Morgan fingerprint density at radius 3 is 2.33 bits per heavy atom. The largest absolute Gasteiger partial charge is 0.417 e. The molecule has 0 fully saturated rings. The number of carbonyl (C=O) groups excluding carboxylic acids is 1. The van der Waals surface area contributed by atoms with Gasteiger partial charge in [0.1, 0.15) is 0 Å². The molecule has 0 saturated heterocycles. The van der Waals surface area contributed by atoms with Gasteiger partial charge in [-0.3, -0.25) is 4.79 Å². The molecular formula is C16H11ClF3N3O. The van der Waals surface area contributed by atoms with Crippen LogP contribution in [0.4, 0.5) is 24.5 Å². The van der Waals surface area contributed by atoms with Crippen LogP contribution in [-0.4, -0.2) is 12.5 Å². The summed E-state index contributed by atoms with van der Waals surface area (Å²) in [6.07, 6.45) is -4.60. The highest BCUT2D eigenvalue weighted by atomic mass is 35.5. The lowest BCUT2D eigenvalue weighted by atomic mass is 10.2. The van der Waals surface area contributed by atoms with Crippen molar-refractivity contribution >= 4 is 28.9 Å². The first kappa shape index (κ1) is 17.6. The van der Waals surface area contributed by atoms with Crippen molar-refractivity contribution in [3.63, 3.8) is 0 Å². The standard InChI is InChI=1S/C16H11ClF3N3O/c17-14-6-5-12(7-13(14)16(18,19)20)23-15(24)9-22-11-3-1-10(8-21)2-4-11/h1-7,22H,9H2,(H,23,24). The van der Waals surface area contributed by atoms with Crippen LogP contribution in [0.2, 0.25) is 5.02 Å². The number of halogens is 4. The van der Waals surface area contributed by atoms with Crippen molar-refractivity contribution in [1.82, 2.24) is 0 Å². The fourth-order valence-corrected chi connectivity index (χ4v) is 2.10. The molecule has 0 heterocycles. The van der Waals surface area contributed by atoms with E-state index in [2.05, 4.69) is 10.6 Å². The molecule has 124 valence electrons. The van der Waals surface area contributed by atoms with Crippen LogP contribution < -0.4 is 10.6 Å². The lowest BCUT2D eigenvalue weighted by molar-refractivity contribution is -0.137. The first-order valence-electron chi connectivity index (χ1n) is 6.70. The van der Waals surface area contributed by atoms with Gasteiger partial charge in [0, 0.05) is 11.4 Å². The van der Waals surface area contributed by atoms with Crippen molar-refractivity contribution in [3.05, 3.63) is 58.6 Å². The van der Waals surface area contributed by atoms with E-state index in [4.69, 9.17) is 16.9 Å². The molecule has 0 saturated carbocycles. The average molecular weight is 354 g/mol. The van der Waals surface area contributed by atoms with E-state index in [1.54, 1.807) is 24.3 Å². The van der Waals surface area contributed by atoms with Crippen molar-refractivity contribution < 1.29 is 18.0 Å². The van der Waals surface area contributed by atoms with Crippen molar-refractivity contribution in [2.24, 2.45) is 0 Å². The Kier molecular flexibility index (Phi) is 5.31. The maximum Gasteiger partial charge on any atom is 0.417 e. The number of hydrogen-bond acceptors (Lipinski definition) is 3. The summed E-state index contributed by atoms with van der Waals surface area (Å²) in [5.41, 5.74) is 0.0717. The van der Waals surface area contributed by atoms with E-state index in [9.17, 15) is 18.0 Å². The minimum absolute atomic E-state index is 0.00152. The number of alkyl halides is 3. The van der Waals surface area contributed by atoms with Gasteiger partial charge in [-0.05, 0) is 42.5 Å². The predicted molar refractivity (Wildman–Crippen MR) is 84.7 cm³/mol. The van der Waals surface area contributed by atoms with Crippen LogP contribution in [-0.2, 0) is 11.0 Å². The minimum atomic E-state index is -4.60. The summed E-state index contributed by atoms with van der Waals surface area (Å²) in [4.78, 5) is 11.8. The number of carbonyl (C=O) groups is 1. The summed E-state index contributed by atoms with van der Waals surface area (Å²) in [7, 11) is 0. The van der Waals surface area contributed by atoms with Gasteiger partial charge in [-0.15, -0.1) is 0 Å². The Labute approximate surface area is 140 Å². The SMILES string of the molecule is N#Cc1ccc(NCC(=O)Nc2ccc(Cl)c(C(F)(F)F)c2)cc1. The van der Waals surface area contributed by atoms with Crippen molar-refractivity contribution in [2.75, 3.05) is 17.2 Å². The van der Waals surface area contributed by atoms with Gasteiger partial charge in [-0.2, -0.15) is 18.4 Å². The van der Waals surface area contributed by atoms with Gasteiger partial charge in [0.05, 0.1) is 28.8 Å². The average Bonchev–Trinajstić information content (AvgIpc) is 2.54. The van der Waals surface area contributed by atoms with E-state index >= 15 is 0 Å². The molecule has 2 aromatic rings. The van der Waals surface area contributed by atoms with E-state index in [1.165, 1.54) is 6.07 Å². The third-order valence-electron chi connectivity index (χ3n) is 3.02. The second-order valence-corrected chi connectivity index (χ2v) is 5.19. The predicted octanol–water partition coefficient (Wildman–Crippen LogP) is 4.28.